The Bertz CT molecular complexity index is 377. The molecule has 0 bridgehead atoms. The first-order chi connectivity index (χ1) is 7.06. The molecule has 1 rings (SSSR count). The van der Waals surface area contributed by atoms with E-state index < -0.39 is 5.82 Å². The number of anilines is 1. The molecular weight excluding hydrogens is 197 g/mol. The second-order valence-electron chi connectivity index (χ2n) is 3.44. The van der Waals surface area contributed by atoms with Gasteiger partial charge < -0.3 is 10.8 Å². The maximum atomic E-state index is 13.0. The van der Waals surface area contributed by atoms with E-state index in [4.69, 9.17) is 10.8 Å². The monoisotopic (exact) mass is 211 g/mol. The van der Waals surface area contributed by atoms with Crippen LogP contribution in [0.3, 0.4) is 0 Å². The quantitative estimate of drug-likeness (QED) is 0.588. The third-order valence-corrected chi connectivity index (χ3v) is 2.19. The molecular formula is C11H14FNO2. The van der Waals surface area contributed by atoms with Crippen LogP contribution in [0, 0.1) is 12.7 Å². The number of hydrogen-bond donors (Lipinski definition) is 2. The van der Waals surface area contributed by atoms with Crippen molar-refractivity contribution in [1.29, 1.82) is 0 Å². The van der Waals surface area contributed by atoms with Gasteiger partial charge in [-0.2, -0.15) is 0 Å². The maximum absolute atomic E-state index is 13.0. The van der Waals surface area contributed by atoms with E-state index in [0.29, 0.717) is 17.5 Å². The summed E-state index contributed by atoms with van der Waals surface area (Å²) in [4.78, 5) is 11.6. The van der Waals surface area contributed by atoms with E-state index in [9.17, 15) is 9.18 Å². The Balaban J connectivity index is 2.94. The van der Waals surface area contributed by atoms with E-state index in [1.165, 1.54) is 6.07 Å². The molecule has 1 aromatic carbocycles. The van der Waals surface area contributed by atoms with Gasteiger partial charge in [-0.05, 0) is 31.0 Å². The number of aliphatic hydroxyl groups excluding tert-OH is 1. The van der Waals surface area contributed by atoms with Gasteiger partial charge in [0.05, 0.1) is 0 Å². The minimum absolute atomic E-state index is 0.0359. The maximum Gasteiger partial charge on any atom is 0.165 e. The van der Waals surface area contributed by atoms with Crippen LogP contribution in [-0.2, 0) is 0 Å². The van der Waals surface area contributed by atoms with Crippen LogP contribution in [-0.4, -0.2) is 17.5 Å². The summed E-state index contributed by atoms with van der Waals surface area (Å²) in [7, 11) is 0. The zero-order valence-electron chi connectivity index (χ0n) is 8.59. The average Bonchev–Trinajstić information content (AvgIpc) is 2.20. The molecule has 0 aromatic heterocycles. The highest BCUT2D eigenvalue weighted by Gasteiger charge is 2.11. The first kappa shape index (κ1) is 11.7. The molecule has 0 aliphatic carbocycles. The van der Waals surface area contributed by atoms with Crippen LogP contribution in [0.1, 0.15) is 28.8 Å². The molecule has 0 unspecified atom stereocenters. The third kappa shape index (κ3) is 2.76. The van der Waals surface area contributed by atoms with Gasteiger partial charge in [0.2, 0.25) is 0 Å². The van der Waals surface area contributed by atoms with Crippen molar-refractivity contribution in [2.45, 2.75) is 19.8 Å². The van der Waals surface area contributed by atoms with Crippen molar-refractivity contribution in [2.24, 2.45) is 0 Å². The highest BCUT2D eigenvalue weighted by Crippen LogP contribution is 2.19. The molecule has 3 nitrogen and oxygen atoms in total. The molecule has 0 atom stereocenters. The predicted molar refractivity (Wildman–Crippen MR) is 56.2 cm³/mol. The highest BCUT2D eigenvalue weighted by atomic mass is 19.1. The van der Waals surface area contributed by atoms with Crippen LogP contribution in [0.15, 0.2) is 12.1 Å². The van der Waals surface area contributed by atoms with E-state index in [1.54, 1.807) is 6.92 Å². The first-order valence-electron chi connectivity index (χ1n) is 4.76. The molecule has 0 spiro atoms. The topological polar surface area (TPSA) is 63.3 Å². The molecule has 0 heterocycles. The first-order valence-corrected chi connectivity index (χ1v) is 4.76. The van der Waals surface area contributed by atoms with E-state index in [2.05, 4.69) is 0 Å². The summed E-state index contributed by atoms with van der Waals surface area (Å²) >= 11 is 0. The van der Waals surface area contributed by atoms with Crippen molar-refractivity contribution in [3.8, 4) is 0 Å². The fourth-order valence-corrected chi connectivity index (χ4v) is 1.31. The zero-order chi connectivity index (χ0) is 11.4. The summed E-state index contributed by atoms with van der Waals surface area (Å²) in [6, 6.07) is 2.60. The van der Waals surface area contributed by atoms with E-state index in [1.807, 2.05) is 0 Å². The number of rotatable bonds is 4. The number of ketones is 1. The van der Waals surface area contributed by atoms with Crippen LogP contribution in [0.25, 0.3) is 0 Å². The molecule has 4 heteroatoms. The van der Waals surface area contributed by atoms with Crippen LogP contribution in [0.2, 0.25) is 0 Å². The van der Waals surface area contributed by atoms with Crippen LogP contribution in [0.4, 0.5) is 10.1 Å². The highest BCUT2D eigenvalue weighted by molar-refractivity contribution is 6.00. The van der Waals surface area contributed by atoms with Gasteiger partial charge in [-0.1, -0.05) is 0 Å². The minimum Gasteiger partial charge on any atom is -0.398 e. The van der Waals surface area contributed by atoms with Gasteiger partial charge >= 0.3 is 0 Å². The number of hydrogen-bond acceptors (Lipinski definition) is 3. The predicted octanol–water partition coefficient (Wildman–Crippen LogP) is 1.67. The summed E-state index contributed by atoms with van der Waals surface area (Å²) in [6.07, 6.45) is 0.625. The number of nitrogens with two attached hydrogens (primary N) is 1. The van der Waals surface area contributed by atoms with Gasteiger partial charge in [0.1, 0.15) is 5.82 Å². The van der Waals surface area contributed by atoms with Crippen molar-refractivity contribution in [2.75, 3.05) is 12.3 Å². The standard InChI is InChI=1S/C11H14FNO2/c1-7-5-8(10(13)6-9(7)12)11(15)3-2-4-14/h5-6,14H,2-4,13H2,1H3. The lowest BCUT2D eigenvalue weighted by atomic mass is 10.0. The molecule has 3 N–H and O–H groups in total. The Morgan fingerprint density at radius 3 is 2.80 bits per heavy atom. The largest absolute Gasteiger partial charge is 0.398 e. The lowest BCUT2D eigenvalue weighted by molar-refractivity contribution is 0.0972. The van der Waals surface area contributed by atoms with Crippen molar-refractivity contribution in [3.63, 3.8) is 0 Å². The van der Waals surface area contributed by atoms with Gasteiger partial charge in [0.15, 0.2) is 5.78 Å². The number of aryl methyl sites for hydroxylation is 1. The SMILES string of the molecule is Cc1cc(C(=O)CCCO)c(N)cc1F. The Hall–Kier alpha value is -1.42. The Kier molecular flexibility index (Phi) is 3.80. The van der Waals surface area contributed by atoms with E-state index in [-0.39, 0.29) is 24.5 Å². The Morgan fingerprint density at radius 2 is 2.20 bits per heavy atom. The van der Waals surface area contributed by atoms with Crippen molar-refractivity contribution < 1.29 is 14.3 Å². The van der Waals surface area contributed by atoms with Gasteiger partial charge in [-0.3, -0.25) is 4.79 Å². The number of carbonyl (C=O) groups is 1. The van der Waals surface area contributed by atoms with Crippen molar-refractivity contribution in [3.05, 3.63) is 29.1 Å². The summed E-state index contributed by atoms with van der Waals surface area (Å²) in [5.74, 6) is -0.573. The van der Waals surface area contributed by atoms with Crippen molar-refractivity contribution in [1.82, 2.24) is 0 Å². The molecule has 0 fully saturated rings. The molecule has 0 radical (unpaired) electrons. The van der Waals surface area contributed by atoms with E-state index >= 15 is 0 Å². The smallest absolute Gasteiger partial charge is 0.165 e. The van der Waals surface area contributed by atoms with Gasteiger partial charge in [0.25, 0.3) is 0 Å². The summed E-state index contributed by atoms with van der Waals surface area (Å²) < 4.78 is 13.0. The minimum atomic E-state index is -0.411. The summed E-state index contributed by atoms with van der Waals surface area (Å²) in [6.45, 7) is 1.55. The summed E-state index contributed by atoms with van der Waals surface area (Å²) in [5.41, 5.74) is 6.43. The molecule has 82 valence electrons. The fourth-order valence-electron chi connectivity index (χ4n) is 1.31. The second kappa shape index (κ2) is 4.89. The zero-order valence-corrected chi connectivity index (χ0v) is 8.59. The van der Waals surface area contributed by atoms with Gasteiger partial charge in [-0.15, -0.1) is 0 Å². The summed E-state index contributed by atoms with van der Waals surface area (Å²) in [5, 5.41) is 8.59. The average molecular weight is 211 g/mol. The van der Waals surface area contributed by atoms with Gasteiger partial charge in [-0.25, -0.2) is 4.39 Å². The Morgan fingerprint density at radius 1 is 1.53 bits per heavy atom. The second-order valence-corrected chi connectivity index (χ2v) is 3.44. The molecule has 1 aromatic rings. The van der Waals surface area contributed by atoms with Crippen LogP contribution < -0.4 is 5.73 Å². The molecule has 0 aliphatic rings. The van der Waals surface area contributed by atoms with Crippen molar-refractivity contribution >= 4 is 11.5 Å². The Labute approximate surface area is 87.7 Å². The number of carbonyl (C=O) groups excluding carboxylic acids is 1. The number of halogens is 1. The van der Waals surface area contributed by atoms with Crippen LogP contribution >= 0.6 is 0 Å². The molecule has 0 saturated heterocycles. The van der Waals surface area contributed by atoms with Crippen LogP contribution in [0.5, 0.6) is 0 Å². The lowest BCUT2D eigenvalue weighted by Crippen LogP contribution is -2.06. The molecule has 0 aliphatic heterocycles. The third-order valence-electron chi connectivity index (χ3n) is 2.19. The number of aliphatic hydroxyl groups is 1. The molecule has 15 heavy (non-hydrogen) atoms. The van der Waals surface area contributed by atoms with Gasteiger partial charge in [0, 0.05) is 24.3 Å². The fraction of sp³-hybridized carbons (Fsp3) is 0.364. The number of benzene rings is 1. The molecule has 0 amide bonds. The number of Topliss-reactive ketones (excluding diaryl/α,β-unsaturated/α-hetero) is 1. The lowest BCUT2D eigenvalue weighted by Gasteiger charge is -2.06. The molecule has 0 saturated carbocycles. The number of nitrogen functional groups attached to an aromatic ring is 1. The normalized spacial score (nSPS) is 10.3. The van der Waals surface area contributed by atoms with E-state index in [0.717, 1.165) is 6.07 Å².